The van der Waals surface area contributed by atoms with Gasteiger partial charge in [0.15, 0.2) is 5.82 Å². The van der Waals surface area contributed by atoms with Crippen LogP contribution in [0.1, 0.15) is 17.8 Å². The highest BCUT2D eigenvalue weighted by Crippen LogP contribution is 2.21. The molecule has 0 fully saturated rings. The average molecular weight is 350 g/mol. The number of hydrogen-bond donors (Lipinski definition) is 1. The summed E-state index contributed by atoms with van der Waals surface area (Å²) >= 11 is 0. The van der Waals surface area contributed by atoms with Gasteiger partial charge in [0.25, 0.3) is 0 Å². The lowest BCUT2D eigenvalue weighted by Gasteiger charge is -2.12. The molecule has 1 N–H and O–H groups in total. The summed E-state index contributed by atoms with van der Waals surface area (Å²) < 4.78 is 13.0. The van der Waals surface area contributed by atoms with E-state index in [1.807, 2.05) is 36.4 Å². The fourth-order valence-corrected chi connectivity index (χ4v) is 2.65. The SMILES string of the molecule is CN(C)CCCNc1nc(C=Cc2ccc(F)cc2)nc2ccccc12. The zero-order chi connectivity index (χ0) is 18.4. The minimum atomic E-state index is -0.242. The summed E-state index contributed by atoms with van der Waals surface area (Å²) in [4.78, 5) is 11.4. The molecule has 0 bridgehead atoms. The van der Waals surface area contributed by atoms with E-state index in [0.29, 0.717) is 5.82 Å². The van der Waals surface area contributed by atoms with E-state index in [2.05, 4.69) is 34.3 Å². The molecule has 3 aromatic rings. The van der Waals surface area contributed by atoms with Crippen molar-refractivity contribution in [1.29, 1.82) is 0 Å². The van der Waals surface area contributed by atoms with Gasteiger partial charge in [-0.2, -0.15) is 0 Å². The molecule has 0 saturated heterocycles. The molecule has 2 aromatic carbocycles. The van der Waals surface area contributed by atoms with Gasteiger partial charge in [-0.3, -0.25) is 0 Å². The number of hydrogen-bond acceptors (Lipinski definition) is 4. The second kappa shape index (κ2) is 8.54. The van der Waals surface area contributed by atoms with Gasteiger partial charge in [-0.15, -0.1) is 0 Å². The maximum absolute atomic E-state index is 13.0. The molecule has 0 amide bonds. The number of halogens is 1. The molecule has 1 heterocycles. The predicted molar refractivity (Wildman–Crippen MR) is 107 cm³/mol. The normalized spacial score (nSPS) is 11.5. The Morgan fingerprint density at radius 3 is 2.54 bits per heavy atom. The predicted octanol–water partition coefficient (Wildman–Crippen LogP) is 4.30. The Morgan fingerprint density at radius 1 is 1.00 bits per heavy atom. The van der Waals surface area contributed by atoms with Crippen molar-refractivity contribution in [1.82, 2.24) is 14.9 Å². The van der Waals surface area contributed by atoms with Gasteiger partial charge in [-0.05, 0) is 63.0 Å². The van der Waals surface area contributed by atoms with Crippen LogP contribution >= 0.6 is 0 Å². The van der Waals surface area contributed by atoms with Gasteiger partial charge >= 0.3 is 0 Å². The maximum atomic E-state index is 13.0. The zero-order valence-electron chi connectivity index (χ0n) is 15.1. The molecule has 0 radical (unpaired) electrons. The summed E-state index contributed by atoms with van der Waals surface area (Å²) in [6, 6.07) is 14.3. The number of benzene rings is 2. The third-order valence-electron chi connectivity index (χ3n) is 3.99. The Kier molecular flexibility index (Phi) is 5.92. The van der Waals surface area contributed by atoms with Crippen molar-refractivity contribution in [3.05, 3.63) is 65.7 Å². The number of nitrogens with zero attached hydrogens (tertiary/aromatic N) is 3. The van der Waals surface area contributed by atoms with Crippen molar-refractivity contribution in [3.8, 4) is 0 Å². The van der Waals surface area contributed by atoms with Crippen LogP contribution in [0.25, 0.3) is 23.1 Å². The Bertz CT molecular complexity index is 888. The molecule has 0 atom stereocenters. The van der Waals surface area contributed by atoms with Gasteiger partial charge < -0.3 is 10.2 Å². The lowest BCUT2D eigenvalue weighted by Crippen LogP contribution is -2.16. The molecular formula is C21H23FN4. The van der Waals surface area contributed by atoms with Gasteiger partial charge in [0.05, 0.1) is 5.52 Å². The van der Waals surface area contributed by atoms with E-state index in [-0.39, 0.29) is 5.82 Å². The van der Waals surface area contributed by atoms with E-state index >= 15 is 0 Å². The second-order valence-corrected chi connectivity index (χ2v) is 6.42. The Labute approximate surface area is 153 Å². The zero-order valence-corrected chi connectivity index (χ0v) is 15.1. The summed E-state index contributed by atoms with van der Waals surface area (Å²) in [6.07, 6.45) is 4.77. The van der Waals surface area contributed by atoms with E-state index < -0.39 is 0 Å². The van der Waals surface area contributed by atoms with Crippen LogP contribution in [0.15, 0.2) is 48.5 Å². The van der Waals surface area contributed by atoms with Crippen LogP contribution in [-0.4, -0.2) is 42.1 Å². The molecule has 0 unspecified atom stereocenters. The Balaban J connectivity index is 1.82. The van der Waals surface area contributed by atoms with Gasteiger partial charge in [0, 0.05) is 11.9 Å². The van der Waals surface area contributed by atoms with E-state index in [1.54, 1.807) is 12.1 Å². The third kappa shape index (κ3) is 4.86. The van der Waals surface area contributed by atoms with E-state index in [9.17, 15) is 4.39 Å². The van der Waals surface area contributed by atoms with Crippen LogP contribution in [0.2, 0.25) is 0 Å². The molecule has 0 saturated carbocycles. The van der Waals surface area contributed by atoms with Crippen molar-refractivity contribution in [2.45, 2.75) is 6.42 Å². The molecule has 5 heteroatoms. The highest BCUT2D eigenvalue weighted by Gasteiger charge is 2.05. The number of anilines is 1. The second-order valence-electron chi connectivity index (χ2n) is 6.42. The quantitative estimate of drug-likeness (QED) is 0.645. The molecule has 4 nitrogen and oxygen atoms in total. The number of aromatic nitrogens is 2. The smallest absolute Gasteiger partial charge is 0.154 e. The first kappa shape index (κ1) is 18.0. The van der Waals surface area contributed by atoms with Gasteiger partial charge in [0.2, 0.25) is 0 Å². The fourth-order valence-electron chi connectivity index (χ4n) is 2.65. The summed E-state index contributed by atoms with van der Waals surface area (Å²) in [5, 5.41) is 4.44. The Hall–Kier alpha value is -2.79. The summed E-state index contributed by atoms with van der Waals surface area (Å²) in [5.41, 5.74) is 1.81. The fraction of sp³-hybridized carbons (Fsp3) is 0.238. The first-order chi connectivity index (χ1) is 12.6. The molecule has 0 aliphatic carbocycles. The van der Waals surface area contributed by atoms with Crippen LogP contribution in [0.3, 0.4) is 0 Å². The number of fused-ring (bicyclic) bond motifs is 1. The highest BCUT2D eigenvalue weighted by molar-refractivity contribution is 5.90. The first-order valence-electron chi connectivity index (χ1n) is 8.71. The minimum Gasteiger partial charge on any atom is -0.369 e. The standard InChI is InChI=1S/C21H23FN4/c1-26(2)15-5-14-23-21-18-6-3-4-7-19(18)24-20(25-21)13-10-16-8-11-17(22)12-9-16/h3-4,6-13H,5,14-15H2,1-2H3,(H,23,24,25). The van der Waals surface area contributed by atoms with Crippen LogP contribution < -0.4 is 5.32 Å². The number of rotatable bonds is 7. The van der Waals surface area contributed by atoms with Gasteiger partial charge in [-0.25, -0.2) is 14.4 Å². The lowest BCUT2D eigenvalue weighted by molar-refractivity contribution is 0.405. The van der Waals surface area contributed by atoms with Crippen LogP contribution in [0.4, 0.5) is 10.2 Å². The van der Waals surface area contributed by atoms with Crippen LogP contribution in [-0.2, 0) is 0 Å². The van der Waals surface area contributed by atoms with Crippen molar-refractivity contribution in [2.24, 2.45) is 0 Å². The molecule has 134 valence electrons. The van der Waals surface area contributed by atoms with Crippen molar-refractivity contribution >= 4 is 28.9 Å². The maximum Gasteiger partial charge on any atom is 0.154 e. The summed E-state index contributed by atoms with van der Waals surface area (Å²) in [6.45, 7) is 1.87. The molecule has 1 aromatic heterocycles. The first-order valence-corrected chi connectivity index (χ1v) is 8.71. The van der Waals surface area contributed by atoms with Gasteiger partial charge in [0.1, 0.15) is 11.6 Å². The number of nitrogens with one attached hydrogen (secondary N) is 1. The van der Waals surface area contributed by atoms with Gasteiger partial charge in [-0.1, -0.05) is 30.3 Å². The van der Waals surface area contributed by atoms with Crippen molar-refractivity contribution in [2.75, 3.05) is 32.5 Å². The molecule has 26 heavy (non-hydrogen) atoms. The molecule has 0 spiro atoms. The van der Waals surface area contributed by atoms with E-state index in [4.69, 9.17) is 0 Å². The van der Waals surface area contributed by atoms with Crippen LogP contribution in [0.5, 0.6) is 0 Å². The topological polar surface area (TPSA) is 41.0 Å². The van der Waals surface area contributed by atoms with Crippen molar-refractivity contribution in [3.63, 3.8) is 0 Å². The largest absolute Gasteiger partial charge is 0.369 e. The van der Waals surface area contributed by atoms with E-state index in [0.717, 1.165) is 41.8 Å². The van der Waals surface area contributed by atoms with Crippen LogP contribution in [0, 0.1) is 5.82 Å². The third-order valence-corrected chi connectivity index (χ3v) is 3.99. The van der Waals surface area contributed by atoms with E-state index in [1.165, 1.54) is 12.1 Å². The average Bonchev–Trinajstić information content (AvgIpc) is 2.64. The summed E-state index contributed by atoms with van der Waals surface area (Å²) in [7, 11) is 4.14. The Morgan fingerprint density at radius 2 is 1.77 bits per heavy atom. The van der Waals surface area contributed by atoms with Crippen molar-refractivity contribution < 1.29 is 4.39 Å². The molecule has 0 aliphatic heterocycles. The lowest BCUT2D eigenvalue weighted by atomic mass is 10.2. The number of para-hydroxylation sites is 1. The molecule has 3 rings (SSSR count). The monoisotopic (exact) mass is 350 g/mol. The molecular weight excluding hydrogens is 327 g/mol. The molecule has 0 aliphatic rings. The summed E-state index contributed by atoms with van der Waals surface area (Å²) in [5.74, 6) is 1.23. The highest BCUT2D eigenvalue weighted by atomic mass is 19.1. The minimum absolute atomic E-state index is 0.242.